The second-order valence-electron chi connectivity index (χ2n) is 9.54. The highest BCUT2D eigenvalue weighted by Crippen LogP contribution is 2.42. The smallest absolute Gasteiger partial charge is 0.303 e. The Bertz CT molecular complexity index is 549. The summed E-state index contributed by atoms with van der Waals surface area (Å²) in [5.41, 5.74) is 0. The average molecular weight is 475 g/mol. The Labute approximate surface area is 198 Å². The van der Waals surface area contributed by atoms with Crippen molar-refractivity contribution in [3.63, 3.8) is 0 Å². The monoisotopic (exact) mass is 474 g/mol. The molecule has 0 aromatic heterocycles. The van der Waals surface area contributed by atoms with Crippen LogP contribution in [-0.2, 0) is 14.3 Å². The number of hydrogen-bond acceptors (Lipinski definition) is 5. The first kappa shape index (κ1) is 27.6. The van der Waals surface area contributed by atoms with E-state index in [1.165, 1.54) is 0 Å². The average Bonchev–Trinajstić information content (AvgIpc) is 3.03. The van der Waals surface area contributed by atoms with Gasteiger partial charge in [-0.25, -0.2) is 0 Å². The van der Waals surface area contributed by atoms with Gasteiger partial charge in [-0.3, -0.25) is 4.79 Å². The maximum atomic E-state index is 10.7. The van der Waals surface area contributed by atoms with Crippen LogP contribution < -0.4 is 0 Å². The first-order valence-corrected chi connectivity index (χ1v) is 13.0. The molecule has 1 unspecified atom stereocenters. The van der Waals surface area contributed by atoms with Crippen LogP contribution in [0, 0.1) is 11.8 Å². The Morgan fingerprint density at radius 1 is 1.16 bits per heavy atom. The van der Waals surface area contributed by atoms with Crippen molar-refractivity contribution >= 4 is 17.6 Å². The lowest BCUT2D eigenvalue weighted by Crippen LogP contribution is -2.30. The summed E-state index contributed by atoms with van der Waals surface area (Å²) < 4.78 is 12.1. The lowest BCUT2D eigenvalue weighted by atomic mass is 9.88. The molecule has 1 saturated carbocycles. The summed E-state index contributed by atoms with van der Waals surface area (Å²) in [6, 6.07) is 0. The van der Waals surface area contributed by atoms with Crippen molar-refractivity contribution < 1.29 is 29.6 Å². The van der Waals surface area contributed by atoms with Crippen LogP contribution in [0.15, 0.2) is 12.2 Å². The van der Waals surface area contributed by atoms with E-state index in [1.54, 1.807) is 6.92 Å². The molecule has 0 spiro atoms. The minimum Gasteiger partial charge on any atom is -0.481 e. The number of ether oxygens (including phenoxy) is 2. The summed E-state index contributed by atoms with van der Waals surface area (Å²) in [6.07, 6.45) is 13.8. The summed E-state index contributed by atoms with van der Waals surface area (Å²) >= 11 is 6.78. The van der Waals surface area contributed by atoms with Gasteiger partial charge in [0.1, 0.15) is 0 Å². The molecule has 0 amide bonds. The SMILES string of the molecule is C[C@@H](O)CCC[C@H](O)/C=C/[C@@H]1[C@@H](CCCCCCC(=O)O)[C@H](Cl)C[C@H]1OC1CCCCO1. The number of rotatable bonds is 15. The van der Waals surface area contributed by atoms with Crippen LogP contribution in [0.5, 0.6) is 0 Å². The fraction of sp³-hybridized carbons (Fsp3) is 0.880. The highest BCUT2D eigenvalue weighted by atomic mass is 35.5. The highest BCUT2D eigenvalue weighted by molar-refractivity contribution is 6.21. The molecule has 1 saturated heterocycles. The summed E-state index contributed by atoms with van der Waals surface area (Å²) in [7, 11) is 0. The van der Waals surface area contributed by atoms with Crippen molar-refractivity contribution in [2.75, 3.05) is 6.61 Å². The number of carboxylic acid groups (broad SMARTS) is 1. The van der Waals surface area contributed by atoms with E-state index < -0.39 is 12.1 Å². The van der Waals surface area contributed by atoms with E-state index in [2.05, 4.69) is 6.08 Å². The number of carboxylic acids is 1. The van der Waals surface area contributed by atoms with Gasteiger partial charge in [-0.1, -0.05) is 31.4 Å². The number of halogens is 1. The Kier molecular flexibility index (Phi) is 13.2. The molecule has 6 nitrogen and oxygen atoms in total. The van der Waals surface area contributed by atoms with Gasteiger partial charge in [0, 0.05) is 24.3 Å². The van der Waals surface area contributed by atoms with Gasteiger partial charge in [0.05, 0.1) is 18.3 Å². The molecule has 0 aromatic carbocycles. The number of aliphatic hydroxyl groups is 2. The molecule has 1 aliphatic heterocycles. The molecule has 2 fully saturated rings. The molecule has 3 N–H and O–H groups in total. The predicted molar refractivity (Wildman–Crippen MR) is 126 cm³/mol. The lowest BCUT2D eigenvalue weighted by Gasteiger charge is -2.29. The van der Waals surface area contributed by atoms with Crippen LogP contribution in [0.3, 0.4) is 0 Å². The summed E-state index contributed by atoms with van der Waals surface area (Å²) in [5.74, 6) is -0.331. The van der Waals surface area contributed by atoms with Crippen molar-refractivity contribution in [3.05, 3.63) is 12.2 Å². The molecular formula is C25H43ClO6. The van der Waals surface area contributed by atoms with Gasteiger partial charge >= 0.3 is 5.97 Å². The molecule has 0 bridgehead atoms. The molecule has 2 aliphatic rings. The molecular weight excluding hydrogens is 432 g/mol. The molecule has 32 heavy (non-hydrogen) atoms. The summed E-state index contributed by atoms with van der Waals surface area (Å²) in [4.78, 5) is 10.7. The summed E-state index contributed by atoms with van der Waals surface area (Å²) in [6.45, 7) is 2.51. The standard InChI is InChI=1S/C25H43ClO6/c1-18(27)9-8-10-19(28)14-15-21-20(11-4-2-3-5-12-24(29)30)22(26)17-23(21)32-25-13-6-7-16-31-25/h14-15,18-23,25,27-28H,2-13,16-17H2,1H3,(H,29,30)/b15-14+/t18-,19+,20-,21-,22-,23-,25?/m1/s1. The van der Waals surface area contributed by atoms with Gasteiger partial charge in [0.15, 0.2) is 6.29 Å². The van der Waals surface area contributed by atoms with Crippen LogP contribution >= 0.6 is 11.6 Å². The van der Waals surface area contributed by atoms with Gasteiger partial charge in [0.25, 0.3) is 0 Å². The number of aliphatic hydroxyl groups excluding tert-OH is 2. The molecule has 2 rings (SSSR count). The zero-order valence-corrected chi connectivity index (χ0v) is 20.3. The number of unbranched alkanes of at least 4 members (excludes halogenated alkanes) is 3. The maximum absolute atomic E-state index is 10.7. The van der Waals surface area contributed by atoms with Crippen molar-refractivity contribution in [2.45, 2.75) is 120 Å². The third-order valence-electron chi connectivity index (χ3n) is 6.67. The van der Waals surface area contributed by atoms with E-state index in [0.717, 1.165) is 70.8 Å². The van der Waals surface area contributed by atoms with Crippen LogP contribution in [-0.4, -0.2) is 57.9 Å². The van der Waals surface area contributed by atoms with Gasteiger partial charge in [-0.2, -0.15) is 0 Å². The van der Waals surface area contributed by atoms with Crippen molar-refractivity contribution in [3.8, 4) is 0 Å². The third-order valence-corrected chi connectivity index (χ3v) is 7.17. The first-order chi connectivity index (χ1) is 15.4. The Morgan fingerprint density at radius 3 is 2.62 bits per heavy atom. The van der Waals surface area contributed by atoms with Crippen molar-refractivity contribution in [1.29, 1.82) is 0 Å². The van der Waals surface area contributed by atoms with E-state index in [1.807, 2.05) is 6.08 Å². The zero-order chi connectivity index (χ0) is 23.3. The maximum Gasteiger partial charge on any atom is 0.303 e. The topological polar surface area (TPSA) is 96.2 Å². The largest absolute Gasteiger partial charge is 0.481 e. The highest BCUT2D eigenvalue weighted by Gasteiger charge is 2.42. The second-order valence-corrected chi connectivity index (χ2v) is 10.1. The zero-order valence-electron chi connectivity index (χ0n) is 19.5. The van der Waals surface area contributed by atoms with Gasteiger partial charge < -0.3 is 24.8 Å². The third kappa shape index (κ3) is 10.5. The number of hydrogen-bond donors (Lipinski definition) is 3. The van der Waals surface area contributed by atoms with E-state index >= 15 is 0 Å². The van der Waals surface area contributed by atoms with Crippen molar-refractivity contribution in [1.82, 2.24) is 0 Å². The van der Waals surface area contributed by atoms with Crippen LogP contribution in [0.2, 0.25) is 0 Å². The summed E-state index contributed by atoms with van der Waals surface area (Å²) in [5, 5.41) is 28.6. The van der Waals surface area contributed by atoms with E-state index in [4.69, 9.17) is 26.2 Å². The van der Waals surface area contributed by atoms with Gasteiger partial charge in [-0.15, -0.1) is 11.6 Å². The van der Waals surface area contributed by atoms with Crippen molar-refractivity contribution in [2.24, 2.45) is 11.8 Å². The lowest BCUT2D eigenvalue weighted by molar-refractivity contribution is -0.192. The normalized spacial score (nSPS) is 30.6. The number of aliphatic carboxylic acids is 1. The Morgan fingerprint density at radius 2 is 1.94 bits per heavy atom. The quantitative estimate of drug-likeness (QED) is 0.175. The minimum absolute atomic E-state index is 0.0153. The minimum atomic E-state index is -0.733. The van der Waals surface area contributed by atoms with Crippen LogP contribution in [0.25, 0.3) is 0 Å². The fourth-order valence-corrected chi connectivity index (χ4v) is 5.32. The fourth-order valence-electron chi connectivity index (χ4n) is 4.86. The Balaban J connectivity index is 1.91. The molecule has 1 heterocycles. The van der Waals surface area contributed by atoms with Crippen LogP contribution in [0.4, 0.5) is 0 Å². The molecule has 7 heteroatoms. The van der Waals surface area contributed by atoms with Crippen LogP contribution in [0.1, 0.15) is 90.4 Å². The van der Waals surface area contributed by atoms with E-state index in [-0.39, 0.29) is 42.1 Å². The molecule has 0 aromatic rings. The first-order valence-electron chi connectivity index (χ1n) is 12.5. The molecule has 7 atom stereocenters. The number of carbonyl (C=O) groups is 1. The Hall–Kier alpha value is -0.660. The van der Waals surface area contributed by atoms with Gasteiger partial charge in [0.2, 0.25) is 0 Å². The van der Waals surface area contributed by atoms with E-state index in [9.17, 15) is 15.0 Å². The second kappa shape index (κ2) is 15.3. The van der Waals surface area contributed by atoms with Gasteiger partial charge in [-0.05, 0) is 70.6 Å². The number of alkyl halides is 1. The molecule has 186 valence electrons. The predicted octanol–water partition coefficient (Wildman–Crippen LogP) is 5.04. The van der Waals surface area contributed by atoms with E-state index in [0.29, 0.717) is 12.8 Å². The molecule has 0 radical (unpaired) electrons. The molecule has 1 aliphatic carbocycles.